The molecule has 0 saturated carbocycles. The third-order valence-electron chi connectivity index (χ3n) is 0. The van der Waals surface area contributed by atoms with Crippen molar-refractivity contribution in [2.45, 2.75) is 0 Å². The maximum atomic E-state index is 0. The number of rotatable bonds is 0. The molecule has 0 atom stereocenters. The fourth-order valence-corrected chi connectivity index (χ4v) is 0. The van der Waals surface area contributed by atoms with Gasteiger partial charge in [-0.3, -0.25) is 0 Å². The van der Waals surface area contributed by atoms with E-state index in [1.807, 2.05) is 0 Å². The van der Waals surface area contributed by atoms with E-state index in [1.54, 1.807) is 0 Å². The van der Waals surface area contributed by atoms with Crippen molar-refractivity contribution in [3.63, 3.8) is 0 Å². The molecule has 0 aromatic rings. The molecule has 20 valence electrons. The minimum absolute atomic E-state index is 0. The summed E-state index contributed by atoms with van der Waals surface area (Å²) in [5, 5.41) is 0. The first-order valence-electron chi connectivity index (χ1n) is 0. The zero-order valence-electron chi connectivity index (χ0n) is 0.500. The fraction of sp³-hybridized carbons (Fsp3) is 0. The smallest absolute Gasteiger partial charge is 0.316 e. The second kappa shape index (κ2) is 16.3. The molecule has 0 aromatic heterocycles. The second-order valence-electron chi connectivity index (χ2n) is 0. The van der Waals surface area contributed by atoms with Gasteiger partial charge in [-0.15, -0.1) is 0 Å². The normalized spacial score (nSPS) is 0. The molecule has 0 saturated heterocycles. The molecule has 0 spiro atoms. The largest absolute Gasteiger partial charge is 0.316 e. The molecule has 0 heterocycles. The van der Waals surface area contributed by atoms with Gasteiger partial charge < -0.3 is 5.48 Å². The van der Waals surface area contributed by atoms with Gasteiger partial charge in [-0.1, -0.05) is 0 Å². The Morgan fingerprint density at radius 1 is 0.750 bits per heavy atom. The molecule has 0 unspecified atom stereocenters. The quantitative estimate of drug-likeness (QED) is 0.303. The standard InChI is InChI=1S/2Ca.Mg.H2O.6H/h;;;1H2;;;;;;. The first-order chi connectivity index (χ1) is 0. The Labute approximate surface area is 101 Å². The summed E-state index contributed by atoms with van der Waals surface area (Å²) in [6.07, 6.45) is 0. The van der Waals surface area contributed by atoms with E-state index < -0.39 is 0 Å². The van der Waals surface area contributed by atoms with E-state index in [4.69, 9.17) is 0 Å². The predicted molar refractivity (Wildman–Crippen MR) is 29.2 cm³/mol. The van der Waals surface area contributed by atoms with Gasteiger partial charge in [0, 0.05) is 0 Å². The van der Waals surface area contributed by atoms with Gasteiger partial charge in [0.25, 0.3) is 0 Å². The molecule has 0 aliphatic heterocycles. The van der Waals surface area contributed by atoms with E-state index in [-0.39, 0.29) is 104 Å². The van der Waals surface area contributed by atoms with Crippen molar-refractivity contribution in [1.82, 2.24) is 0 Å². The van der Waals surface area contributed by atoms with Crippen LogP contribution in [0.25, 0.3) is 0 Å². The van der Waals surface area contributed by atoms with Crippen LogP contribution in [0.1, 0.15) is 0 Å². The summed E-state index contributed by atoms with van der Waals surface area (Å²) in [6.45, 7) is 0. The first-order valence-corrected chi connectivity index (χ1v) is 0. The van der Waals surface area contributed by atoms with Crippen LogP contribution in [0.5, 0.6) is 0 Å². The van der Waals surface area contributed by atoms with Crippen molar-refractivity contribution in [3.05, 3.63) is 0 Å². The molecule has 0 fully saturated rings. The van der Waals surface area contributed by atoms with Crippen LogP contribution < -0.4 is 0 Å². The van der Waals surface area contributed by atoms with Crippen LogP contribution in [0.3, 0.4) is 0 Å². The van der Waals surface area contributed by atoms with Crippen LogP contribution in [-0.4, -0.2) is 104 Å². The molecule has 4 heteroatoms. The van der Waals surface area contributed by atoms with E-state index in [9.17, 15) is 0 Å². The summed E-state index contributed by atoms with van der Waals surface area (Å²) in [7, 11) is 0. The Morgan fingerprint density at radius 3 is 0.750 bits per heavy atom. The SMILES string of the molecule is O.[CaH2].[CaH2].[MgH2]. The summed E-state index contributed by atoms with van der Waals surface area (Å²) >= 11 is 0. The maximum Gasteiger partial charge on any atom is 0.316 e. The molecule has 1 nitrogen and oxygen atoms in total. The Hall–Kier alpha value is 3.25. The summed E-state index contributed by atoms with van der Waals surface area (Å²) in [5.74, 6) is 0. The van der Waals surface area contributed by atoms with Crippen molar-refractivity contribution >= 4 is 98.5 Å². The van der Waals surface area contributed by atoms with Gasteiger partial charge in [0.15, 0.2) is 0 Å². The molecule has 2 N–H and O–H groups in total. The minimum atomic E-state index is 0. The van der Waals surface area contributed by atoms with E-state index in [0.29, 0.717) is 0 Å². The zero-order valence-corrected chi connectivity index (χ0v) is 0.500. The van der Waals surface area contributed by atoms with E-state index in [2.05, 4.69) is 0 Å². The van der Waals surface area contributed by atoms with Crippen molar-refractivity contribution in [1.29, 1.82) is 0 Å². The second-order valence-corrected chi connectivity index (χ2v) is 0. The van der Waals surface area contributed by atoms with E-state index in [0.717, 1.165) is 0 Å². The van der Waals surface area contributed by atoms with Crippen LogP contribution in [0.15, 0.2) is 0 Å². The van der Waals surface area contributed by atoms with Crippen molar-refractivity contribution < 1.29 is 5.48 Å². The van der Waals surface area contributed by atoms with Gasteiger partial charge >= 0.3 is 98.5 Å². The molecule has 0 amide bonds. The molecular weight excluding hydrogens is 120 g/mol. The third-order valence-corrected chi connectivity index (χ3v) is 0. The molecule has 0 aliphatic rings. The average Bonchev–Trinajstić information content (AvgIpc) is 0. The summed E-state index contributed by atoms with van der Waals surface area (Å²) in [4.78, 5) is 0. The predicted octanol–water partition coefficient (Wildman–Crippen LogP) is -3.57. The van der Waals surface area contributed by atoms with Crippen LogP contribution in [0.2, 0.25) is 0 Å². The van der Waals surface area contributed by atoms with Gasteiger partial charge in [0.1, 0.15) is 0 Å². The molecule has 0 rings (SSSR count). The first kappa shape index (κ1) is 26.8. The van der Waals surface area contributed by atoms with Gasteiger partial charge in [-0.2, -0.15) is 0 Å². The Balaban J connectivity index is 0. The van der Waals surface area contributed by atoms with Gasteiger partial charge in [0.2, 0.25) is 0 Å². The summed E-state index contributed by atoms with van der Waals surface area (Å²) < 4.78 is 0. The Kier molecular flexibility index (Phi) is 109. The van der Waals surface area contributed by atoms with Gasteiger partial charge in [-0.05, 0) is 0 Å². The molecule has 0 bridgehead atoms. The monoisotopic (exact) mass is 128 g/mol. The molecule has 0 aromatic carbocycles. The average molecular weight is 129 g/mol. The van der Waals surface area contributed by atoms with E-state index >= 15 is 0 Å². The molecule has 4 heavy (non-hydrogen) atoms. The molecule has 0 radical (unpaired) electrons. The Bertz CT molecular complexity index is 6.00. The van der Waals surface area contributed by atoms with Crippen LogP contribution in [-0.2, 0) is 0 Å². The number of hydrogen-bond acceptors (Lipinski definition) is 0. The molecule has 0 aliphatic carbocycles. The zero-order chi connectivity index (χ0) is 0. The summed E-state index contributed by atoms with van der Waals surface area (Å²) in [6, 6.07) is 0. The third kappa shape index (κ3) is 8.98. The van der Waals surface area contributed by atoms with Crippen LogP contribution >= 0.6 is 0 Å². The van der Waals surface area contributed by atoms with Crippen LogP contribution in [0.4, 0.5) is 0 Å². The topological polar surface area (TPSA) is 31.5 Å². The maximum absolute atomic E-state index is 0. The summed E-state index contributed by atoms with van der Waals surface area (Å²) in [5.41, 5.74) is 0. The van der Waals surface area contributed by atoms with Gasteiger partial charge in [0.05, 0.1) is 0 Å². The van der Waals surface area contributed by atoms with Crippen molar-refractivity contribution in [2.24, 2.45) is 0 Å². The Morgan fingerprint density at radius 2 is 0.750 bits per heavy atom. The minimum Gasteiger partial charge on any atom is 0.316 e. The number of hydrogen-bond donors (Lipinski definition) is 0. The fourth-order valence-electron chi connectivity index (χ4n) is 0. The van der Waals surface area contributed by atoms with Crippen LogP contribution in [0, 0.1) is 0 Å². The van der Waals surface area contributed by atoms with Crippen molar-refractivity contribution in [2.75, 3.05) is 0 Å². The van der Waals surface area contributed by atoms with E-state index in [1.165, 1.54) is 0 Å². The van der Waals surface area contributed by atoms with Crippen molar-refractivity contribution in [3.8, 4) is 0 Å². The molecular formula is H8Ca2MgO. The van der Waals surface area contributed by atoms with Gasteiger partial charge in [-0.25, -0.2) is 0 Å².